The highest BCUT2D eigenvalue weighted by molar-refractivity contribution is 7.90. The number of carboxylic acids is 1. The van der Waals surface area contributed by atoms with Crippen molar-refractivity contribution in [2.45, 2.75) is 32.7 Å². The summed E-state index contributed by atoms with van der Waals surface area (Å²) in [4.78, 5) is 24.7. The first-order valence-corrected chi connectivity index (χ1v) is 8.56. The summed E-state index contributed by atoms with van der Waals surface area (Å²) >= 11 is 0. The van der Waals surface area contributed by atoms with Crippen LogP contribution in [0.25, 0.3) is 0 Å². The average Bonchev–Trinajstić information content (AvgIpc) is 2.24. The Hall–Kier alpha value is -1.31. The number of nitrogens with one attached hydrogen (secondary N) is 1. The lowest BCUT2D eigenvalue weighted by Crippen LogP contribution is -2.58. The predicted octanol–water partition coefficient (Wildman–Crippen LogP) is 0.316. The largest absolute Gasteiger partial charge is 0.480 e. The van der Waals surface area contributed by atoms with Crippen molar-refractivity contribution in [3.8, 4) is 0 Å². The second kappa shape index (κ2) is 5.99. The smallest absolute Gasteiger partial charge is 0.327 e. The van der Waals surface area contributed by atoms with Crippen LogP contribution in [0, 0.1) is 5.41 Å². The van der Waals surface area contributed by atoms with Crippen molar-refractivity contribution in [1.29, 1.82) is 0 Å². The van der Waals surface area contributed by atoms with E-state index < -0.39 is 33.3 Å². The molecule has 1 rings (SSSR count). The number of urea groups is 1. The van der Waals surface area contributed by atoms with Gasteiger partial charge in [-0.25, -0.2) is 18.0 Å². The second-order valence-corrected chi connectivity index (χ2v) is 8.15. The van der Waals surface area contributed by atoms with Crippen molar-refractivity contribution in [1.82, 2.24) is 10.2 Å². The zero-order chi connectivity index (χ0) is 15.6. The van der Waals surface area contributed by atoms with Gasteiger partial charge >= 0.3 is 12.0 Å². The molecule has 1 saturated heterocycles. The summed E-state index contributed by atoms with van der Waals surface area (Å²) in [6, 6.07) is -1.41. The Morgan fingerprint density at radius 2 is 2.00 bits per heavy atom. The van der Waals surface area contributed by atoms with E-state index in [4.69, 9.17) is 0 Å². The lowest BCUT2D eigenvalue weighted by Gasteiger charge is -2.43. The van der Waals surface area contributed by atoms with Crippen molar-refractivity contribution >= 4 is 21.8 Å². The lowest BCUT2D eigenvalue weighted by molar-refractivity contribution is -0.148. The third-order valence-electron chi connectivity index (χ3n) is 3.52. The van der Waals surface area contributed by atoms with E-state index in [0.717, 1.165) is 19.1 Å². The summed E-state index contributed by atoms with van der Waals surface area (Å²) < 4.78 is 22.0. The van der Waals surface area contributed by atoms with Crippen LogP contribution in [0.15, 0.2) is 0 Å². The number of carbonyl (C=O) groups is 2. The van der Waals surface area contributed by atoms with E-state index in [0.29, 0.717) is 6.54 Å². The predicted molar refractivity (Wildman–Crippen MR) is 74.3 cm³/mol. The van der Waals surface area contributed by atoms with Crippen LogP contribution in [0.5, 0.6) is 0 Å². The van der Waals surface area contributed by atoms with Crippen LogP contribution in [0.4, 0.5) is 4.79 Å². The van der Waals surface area contributed by atoms with E-state index in [2.05, 4.69) is 5.32 Å². The summed E-state index contributed by atoms with van der Waals surface area (Å²) in [6.45, 7) is 4.00. The monoisotopic (exact) mass is 306 g/mol. The standard InChI is InChI=1S/C12H22N2O5S/c1-12(2)5-4-7-14(9(12)10(15)16)11(17)13-6-8-20(3,18)19/h9H,4-8H2,1-3H3,(H,13,17)(H,15,16). The van der Waals surface area contributed by atoms with Crippen LogP contribution in [0.3, 0.4) is 0 Å². The maximum atomic E-state index is 12.0. The highest BCUT2D eigenvalue weighted by Crippen LogP contribution is 2.35. The van der Waals surface area contributed by atoms with Crippen molar-refractivity contribution < 1.29 is 23.1 Å². The van der Waals surface area contributed by atoms with Crippen LogP contribution >= 0.6 is 0 Å². The minimum atomic E-state index is -3.15. The maximum Gasteiger partial charge on any atom is 0.327 e. The van der Waals surface area contributed by atoms with Gasteiger partial charge in [0, 0.05) is 19.3 Å². The van der Waals surface area contributed by atoms with E-state index in [1.807, 2.05) is 13.8 Å². The Kier molecular flexibility index (Phi) is 5.01. The van der Waals surface area contributed by atoms with Crippen LogP contribution < -0.4 is 5.32 Å². The molecule has 1 unspecified atom stereocenters. The van der Waals surface area contributed by atoms with Crippen molar-refractivity contribution in [3.63, 3.8) is 0 Å². The van der Waals surface area contributed by atoms with Crippen LogP contribution in [0.2, 0.25) is 0 Å². The highest BCUT2D eigenvalue weighted by Gasteiger charge is 2.44. The molecule has 2 amide bonds. The number of amides is 2. The minimum absolute atomic E-state index is 0.0130. The molecule has 0 bridgehead atoms. The third kappa shape index (κ3) is 4.36. The number of hydrogen-bond donors (Lipinski definition) is 2. The molecule has 116 valence electrons. The first-order valence-electron chi connectivity index (χ1n) is 6.49. The van der Waals surface area contributed by atoms with Crippen LogP contribution in [0.1, 0.15) is 26.7 Å². The second-order valence-electron chi connectivity index (χ2n) is 5.89. The van der Waals surface area contributed by atoms with Crippen molar-refractivity contribution in [3.05, 3.63) is 0 Å². The molecule has 1 aliphatic rings. The molecular formula is C12H22N2O5S. The van der Waals surface area contributed by atoms with Crippen LogP contribution in [-0.4, -0.2) is 61.6 Å². The number of carbonyl (C=O) groups excluding carboxylic acids is 1. The molecule has 1 atom stereocenters. The summed E-state index contributed by atoms with van der Waals surface area (Å²) in [5.41, 5.74) is -0.502. The normalized spacial score (nSPS) is 22.4. The van der Waals surface area contributed by atoms with E-state index >= 15 is 0 Å². The molecule has 20 heavy (non-hydrogen) atoms. The van der Waals surface area contributed by atoms with Gasteiger partial charge < -0.3 is 15.3 Å². The molecule has 0 aliphatic carbocycles. The molecule has 2 N–H and O–H groups in total. The van der Waals surface area contributed by atoms with Crippen LogP contribution in [-0.2, 0) is 14.6 Å². The number of aliphatic carboxylic acids is 1. The number of sulfone groups is 1. The molecule has 0 aromatic carbocycles. The SMILES string of the molecule is CC1(C)CCCN(C(=O)NCCS(C)(=O)=O)C1C(=O)O. The van der Waals surface area contributed by atoms with Gasteiger partial charge in [-0.1, -0.05) is 13.8 Å². The molecule has 1 aliphatic heterocycles. The molecule has 0 spiro atoms. The maximum absolute atomic E-state index is 12.0. The molecular weight excluding hydrogens is 284 g/mol. The van der Waals surface area contributed by atoms with Gasteiger partial charge in [0.05, 0.1) is 5.75 Å². The quantitative estimate of drug-likeness (QED) is 0.778. The Labute approximate surface area is 119 Å². The van der Waals surface area contributed by atoms with E-state index in [-0.39, 0.29) is 12.3 Å². The number of nitrogens with zero attached hydrogens (tertiary/aromatic N) is 1. The number of carboxylic acid groups (broad SMARTS) is 1. The minimum Gasteiger partial charge on any atom is -0.480 e. The molecule has 0 aromatic rings. The zero-order valence-electron chi connectivity index (χ0n) is 12.0. The lowest BCUT2D eigenvalue weighted by atomic mass is 9.76. The molecule has 1 fully saturated rings. The van der Waals surface area contributed by atoms with Gasteiger partial charge in [0.1, 0.15) is 15.9 Å². The van der Waals surface area contributed by atoms with Gasteiger partial charge in [-0.2, -0.15) is 0 Å². The van der Waals surface area contributed by atoms with Gasteiger partial charge in [0.25, 0.3) is 0 Å². The van der Waals surface area contributed by atoms with E-state index in [1.54, 1.807) is 0 Å². The molecule has 0 aromatic heterocycles. The molecule has 1 heterocycles. The molecule has 7 nitrogen and oxygen atoms in total. The Morgan fingerprint density at radius 1 is 1.40 bits per heavy atom. The first-order chi connectivity index (χ1) is 9.04. The number of likely N-dealkylation sites (tertiary alicyclic amines) is 1. The van der Waals surface area contributed by atoms with E-state index in [1.165, 1.54) is 4.90 Å². The third-order valence-corrected chi connectivity index (χ3v) is 4.46. The Bertz CT molecular complexity index is 486. The van der Waals surface area contributed by atoms with Gasteiger partial charge in [0.2, 0.25) is 0 Å². The molecule has 8 heteroatoms. The summed E-state index contributed by atoms with van der Waals surface area (Å²) in [5.74, 6) is -1.19. The fraction of sp³-hybridized carbons (Fsp3) is 0.833. The van der Waals surface area contributed by atoms with Crippen molar-refractivity contribution in [2.75, 3.05) is 25.1 Å². The number of piperidine rings is 1. The van der Waals surface area contributed by atoms with Gasteiger partial charge in [-0.15, -0.1) is 0 Å². The number of rotatable bonds is 4. The first kappa shape index (κ1) is 16.7. The number of hydrogen-bond acceptors (Lipinski definition) is 4. The molecule has 0 radical (unpaired) electrons. The van der Waals surface area contributed by atoms with Gasteiger partial charge in [-0.05, 0) is 18.3 Å². The van der Waals surface area contributed by atoms with Gasteiger partial charge in [-0.3, -0.25) is 0 Å². The van der Waals surface area contributed by atoms with E-state index in [9.17, 15) is 23.1 Å². The fourth-order valence-corrected chi connectivity index (χ4v) is 3.00. The van der Waals surface area contributed by atoms with Gasteiger partial charge in [0.15, 0.2) is 0 Å². The summed E-state index contributed by atoms with van der Waals surface area (Å²) in [5, 5.41) is 11.8. The Morgan fingerprint density at radius 3 is 2.50 bits per heavy atom. The highest BCUT2D eigenvalue weighted by atomic mass is 32.2. The average molecular weight is 306 g/mol. The zero-order valence-corrected chi connectivity index (χ0v) is 12.9. The fourth-order valence-electron chi connectivity index (χ4n) is 2.52. The molecule has 0 saturated carbocycles. The summed E-state index contributed by atoms with van der Waals surface area (Å²) in [6.07, 6.45) is 2.55. The topological polar surface area (TPSA) is 104 Å². The van der Waals surface area contributed by atoms with Crippen molar-refractivity contribution in [2.24, 2.45) is 5.41 Å². The Balaban J connectivity index is 2.72. The summed E-state index contributed by atoms with van der Waals surface area (Å²) in [7, 11) is -3.15.